The molecule has 0 aliphatic carbocycles. The van der Waals surface area contributed by atoms with Gasteiger partial charge in [-0.15, -0.1) is 0 Å². The number of esters is 1. The fourth-order valence-corrected chi connectivity index (χ4v) is 10.0. The lowest BCUT2D eigenvalue weighted by atomic mass is 10.0. The van der Waals surface area contributed by atoms with E-state index in [0.717, 1.165) is 83.5 Å². The number of phosphoric ester groups is 1. The van der Waals surface area contributed by atoms with Gasteiger partial charge in [-0.05, 0) is 76.7 Å². The summed E-state index contributed by atoms with van der Waals surface area (Å²) in [5, 5.41) is 3.04. The molecule has 0 aliphatic rings. The molecule has 0 saturated carbocycles. The molecule has 0 rings (SSSR count). The fourth-order valence-electron chi connectivity index (χ4n) is 9.29. The highest BCUT2D eigenvalue weighted by molar-refractivity contribution is 7.47. The Morgan fingerprint density at radius 1 is 0.474 bits per heavy atom. The van der Waals surface area contributed by atoms with Crippen molar-refractivity contribution in [3.8, 4) is 0 Å². The van der Waals surface area contributed by atoms with Crippen LogP contribution in [0.25, 0.3) is 0 Å². The number of nitrogens with zero attached hydrogens (tertiary/aromatic N) is 1. The minimum Gasteiger partial charge on any atom is -0.456 e. The van der Waals surface area contributed by atoms with Gasteiger partial charge in [0.15, 0.2) is 0 Å². The van der Waals surface area contributed by atoms with E-state index < -0.39 is 20.0 Å². The highest BCUT2D eigenvalue weighted by Gasteiger charge is 2.30. The second-order valence-corrected chi connectivity index (χ2v) is 24.4. The third kappa shape index (κ3) is 56.4. The predicted molar refractivity (Wildman–Crippen MR) is 328 cm³/mol. The van der Waals surface area contributed by atoms with Crippen molar-refractivity contribution >= 4 is 19.7 Å². The lowest BCUT2D eigenvalue weighted by Crippen LogP contribution is -2.47. The van der Waals surface area contributed by atoms with E-state index in [1.165, 1.54) is 180 Å². The topological polar surface area (TPSA) is 111 Å². The van der Waals surface area contributed by atoms with Crippen molar-refractivity contribution in [2.24, 2.45) is 0 Å². The van der Waals surface area contributed by atoms with E-state index in [1.54, 1.807) is 0 Å². The molecule has 9 nitrogen and oxygen atoms in total. The second-order valence-electron chi connectivity index (χ2n) is 23.0. The van der Waals surface area contributed by atoms with Crippen LogP contribution in [-0.4, -0.2) is 74.3 Å². The number of carbonyl (C=O) groups is 2. The molecular weight excluding hydrogens is 964 g/mol. The van der Waals surface area contributed by atoms with Gasteiger partial charge in [0, 0.05) is 12.8 Å². The molecule has 76 heavy (non-hydrogen) atoms. The van der Waals surface area contributed by atoms with E-state index in [2.05, 4.69) is 74.7 Å². The second kappa shape index (κ2) is 56.0. The van der Waals surface area contributed by atoms with Crippen LogP contribution in [0.1, 0.15) is 297 Å². The molecule has 2 N–H and O–H groups in total. The van der Waals surface area contributed by atoms with Gasteiger partial charge in [0.1, 0.15) is 19.3 Å². The zero-order chi connectivity index (χ0) is 55.7. The van der Waals surface area contributed by atoms with Crippen LogP contribution in [0.4, 0.5) is 0 Å². The van der Waals surface area contributed by atoms with Crippen molar-refractivity contribution in [3.63, 3.8) is 0 Å². The summed E-state index contributed by atoms with van der Waals surface area (Å²) < 4.78 is 30.7. The molecule has 3 atom stereocenters. The SMILES string of the molecule is CC/C=C/C=C/C=C\CCCCCCCC(=O)NC(COP(=O)(O)OCC[N+](C)(C)C)C(/C=C\CCCCCCCCCCCC)OC(=O)CCCCCCCCCCCCCCCCC/C=C/CCCCCCCC. The molecule has 0 aliphatic heterocycles. The average Bonchev–Trinajstić information content (AvgIpc) is 3.38. The van der Waals surface area contributed by atoms with Crippen molar-refractivity contribution in [2.75, 3.05) is 40.9 Å². The quantitative estimate of drug-likeness (QED) is 0.0156. The molecule has 0 aromatic carbocycles. The molecule has 1 amide bonds. The third-order valence-electron chi connectivity index (χ3n) is 14.3. The Balaban J connectivity index is 5.07. The van der Waals surface area contributed by atoms with E-state index in [9.17, 15) is 19.0 Å². The number of allylic oxidation sites excluding steroid dienone is 9. The van der Waals surface area contributed by atoms with Crippen molar-refractivity contribution in [1.82, 2.24) is 5.32 Å². The van der Waals surface area contributed by atoms with E-state index >= 15 is 0 Å². The van der Waals surface area contributed by atoms with Gasteiger partial charge in [0.05, 0.1) is 33.8 Å². The van der Waals surface area contributed by atoms with Gasteiger partial charge in [0.2, 0.25) is 5.91 Å². The highest BCUT2D eigenvalue weighted by atomic mass is 31.2. The summed E-state index contributed by atoms with van der Waals surface area (Å²) in [5.41, 5.74) is 0. The first-order valence-corrected chi connectivity index (χ1v) is 33.6. The zero-order valence-electron chi connectivity index (χ0n) is 50.7. The lowest BCUT2D eigenvalue weighted by Gasteiger charge is -2.27. The number of nitrogens with one attached hydrogen (secondary N) is 1. The van der Waals surface area contributed by atoms with Gasteiger partial charge >= 0.3 is 13.8 Å². The van der Waals surface area contributed by atoms with Crippen molar-refractivity contribution < 1.29 is 37.3 Å². The van der Waals surface area contributed by atoms with E-state index in [-0.39, 0.29) is 31.5 Å². The summed E-state index contributed by atoms with van der Waals surface area (Å²) in [7, 11) is 1.48. The summed E-state index contributed by atoms with van der Waals surface area (Å²) in [6, 6.07) is -0.858. The first-order valence-electron chi connectivity index (χ1n) is 32.1. The molecule has 0 aromatic rings. The predicted octanol–water partition coefficient (Wildman–Crippen LogP) is 19.8. The Morgan fingerprint density at radius 2 is 0.855 bits per heavy atom. The molecular formula is C66H124N2O7P+. The van der Waals surface area contributed by atoms with Crippen LogP contribution in [0.5, 0.6) is 0 Å². The van der Waals surface area contributed by atoms with Crippen molar-refractivity contribution in [2.45, 2.75) is 309 Å². The van der Waals surface area contributed by atoms with Crippen molar-refractivity contribution in [3.05, 3.63) is 60.8 Å². The summed E-state index contributed by atoms with van der Waals surface area (Å²) in [6.45, 7) is 6.88. The Labute approximate surface area is 471 Å². The van der Waals surface area contributed by atoms with Crippen LogP contribution in [0.2, 0.25) is 0 Å². The third-order valence-corrected chi connectivity index (χ3v) is 15.2. The van der Waals surface area contributed by atoms with Crippen LogP contribution >= 0.6 is 7.82 Å². The van der Waals surface area contributed by atoms with Gasteiger partial charge < -0.3 is 19.4 Å². The number of carbonyl (C=O) groups excluding carboxylic acids is 2. The Morgan fingerprint density at radius 3 is 1.29 bits per heavy atom. The maximum Gasteiger partial charge on any atom is 0.472 e. The summed E-state index contributed by atoms with van der Waals surface area (Å²) >= 11 is 0. The minimum atomic E-state index is -4.45. The van der Waals surface area contributed by atoms with E-state index in [0.29, 0.717) is 17.4 Å². The van der Waals surface area contributed by atoms with E-state index in [4.69, 9.17) is 13.8 Å². The minimum absolute atomic E-state index is 0.0355. The first kappa shape index (κ1) is 73.7. The van der Waals surface area contributed by atoms with Crippen molar-refractivity contribution in [1.29, 1.82) is 0 Å². The highest BCUT2D eigenvalue weighted by Crippen LogP contribution is 2.43. The summed E-state index contributed by atoms with van der Waals surface area (Å²) in [6.07, 6.45) is 70.9. The number of likely N-dealkylation sites (N-methyl/N-ethyl adjacent to an activating group) is 1. The monoisotopic (exact) mass is 1090 g/mol. The molecule has 0 saturated heterocycles. The van der Waals surface area contributed by atoms with Crippen LogP contribution in [0, 0.1) is 0 Å². The number of quaternary nitrogens is 1. The molecule has 0 bridgehead atoms. The molecule has 0 radical (unpaired) electrons. The summed E-state index contributed by atoms with van der Waals surface area (Å²) in [5.74, 6) is -0.522. The maximum absolute atomic E-state index is 13.5. The van der Waals surface area contributed by atoms with Crippen LogP contribution in [0.3, 0.4) is 0 Å². The number of hydrogen-bond acceptors (Lipinski definition) is 6. The Kier molecular flexibility index (Phi) is 54.3. The zero-order valence-corrected chi connectivity index (χ0v) is 51.6. The smallest absolute Gasteiger partial charge is 0.456 e. The van der Waals surface area contributed by atoms with Crippen LogP contribution < -0.4 is 5.32 Å². The van der Waals surface area contributed by atoms with Crippen LogP contribution in [0.15, 0.2) is 60.8 Å². The standard InChI is InChI=1S/C66H123N2O7P/c1-7-10-13-16-19-22-25-28-29-30-31-32-33-34-35-36-37-38-39-41-44-47-50-53-56-59-66(70)75-64(57-54-51-48-45-42-27-24-21-18-15-12-9-3)63(62-74-76(71,72)73-61-60-68(4,5)6)67-65(69)58-55-52-49-46-43-40-26-23-20-17-14-11-8-2/h11,14,17,20,23,26,28-29,54,57,63-64H,7-10,12-13,15-16,18-19,21-22,24-25,27,30-53,55-56,58-62H2,1-6H3,(H-,67,69,71,72)/p+1/b14-11+,20-17+,26-23-,29-28+,57-54-. The Hall–Kier alpha value is -2.29. The fraction of sp³-hybridized carbons (Fsp3) is 0.818. The number of unbranched alkanes of at least 4 members (excludes halogenated alkanes) is 36. The van der Waals surface area contributed by atoms with Gasteiger partial charge in [0.25, 0.3) is 0 Å². The molecule has 3 unspecified atom stereocenters. The number of rotatable bonds is 58. The van der Waals surface area contributed by atoms with Gasteiger partial charge in [-0.1, -0.05) is 268 Å². The Bertz CT molecular complexity index is 1490. The summed E-state index contributed by atoms with van der Waals surface area (Å²) in [4.78, 5) is 37.7. The lowest BCUT2D eigenvalue weighted by molar-refractivity contribution is -0.870. The molecule has 0 aromatic heterocycles. The first-order chi connectivity index (χ1) is 36.9. The maximum atomic E-state index is 13.5. The molecule has 0 spiro atoms. The largest absolute Gasteiger partial charge is 0.472 e. The van der Waals surface area contributed by atoms with Gasteiger partial charge in [-0.3, -0.25) is 18.6 Å². The van der Waals surface area contributed by atoms with Gasteiger partial charge in [-0.25, -0.2) is 4.57 Å². The molecule has 10 heteroatoms. The molecule has 444 valence electrons. The number of hydrogen-bond donors (Lipinski definition) is 2. The van der Waals surface area contributed by atoms with Crippen LogP contribution in [-0.2, 0) is 27.9 Å². The normalized spacial score (nSPS) is 14.0. The average molecular weight is 1090 g/mol. The van der Waals surface area contributed by atoms with Gasteiger partial charge in [-0.2, -0.15) is 0 Å². The number of ether oxygens (including phenoxy) is 1. The number of amides is 1. The number of phosphoric acid groups is 1. The molecule has 0 fully saturated rings. The molecule has 0 heterocycles. The van der Waals surface area contributed by atoms with E-state index in [1.807, 2.05) is 33.3 Å².